The van der Waals surface area contributed by atoms with Gasteiger partial charge in [-0.05, 0) is 41.5 Å². The Bertz CT molecular complexity index is 960. The normalized spacial score (nSPS) is 10.6. The third kappa shape index (κ3) is 4.44. The fourth-order valence-electron chi connectivity index (χ4n) is 2.86. The number of esters is 1. The van der Waals surface area contributed by atoms with Gasteiger partial charge in [0.2, 0.25) is 5.78 Å². The monoisotopic (exact) mass is 364 g/mol. The number of ketones is 1. The maximum Gasteiger partial charge on any atom is 0.310 e. The molecule has 5 nitrogen and oxygen atoms in total. The van der Waals surface area contributed by atoms with Gasteiger partial charge in [-0.2, -0.15) is 0 Å². The average Bonchev–Trinajstić information content (AvgIpc) is 2.67. The van der Waals surface area contributed by atoms with Crippen LogP contribution in [0.2, 0.25) is 0 Å². The van der Waals surface area contributed by atoms with Gasteiger partial charge < -0.3 is 14.6 Å². The summed E-state index contributed by atoms with van der Waals surface area (Å²) in [5.74, 6) is -0.143. The van der Waals surface area contributed by atoms with Gasteiger partial charge in [0, 0.05) is 0 Å². The van der Waals surface area contributed by atoms with Gasteiger partial charge in [0.25, 0.3) is 0 Å². The van der Waals surface area contributed by atoms with E-state index in [9.17, 15) is 14.7 Å². The lowest BCUT2D eigenvalue weighted by molar-refractivity contribution is -0.142. The number of rotatable bonds is 7. The molecule has 1 N–H and O–H groups in total. The van der Waals surface area contributed by atoms with Crippen LogP contribution in [-0.2, 0) is 16.0 Å². The molecule has 0 radical (unpaired) electrons. The highest BCUT2D eigenvalue weighted by Crippen LogP contribution is 2.27. The number of hydrogen-bond acceptors (Lipinski definition) is 5. The summed E-state index contributed by atoms with van der Waals surface area (Å²) in [5, 5.41) is 11.7. The third-order valence-corrected chi connectivity index (χ3v) is 4.13. The highest BCUT2D eigenvalue weighted by Gasteiger charge is 2.16. The van der Waals surface area contributed by atoms with Crippen molar-refractivity contribution in [2.24, 2.45) is 0 Å². The van der Waals surface area contributed by atoms with Crippen molar-refractivity contribution in [2.75, 3.05) is 13.2 Å². The Balaban J connectivity index is 1.68. The molecule has 0 saturated carbocycles. The van der Waals surface area contributed by atoms with Crippen molar-refractivity contribution in [1.82, 2.24) is 0 Å². The number of fused-ring (bicyclic) bond motifs is 1. The molecule has 27 heavy (non-hydrogen) atoms. The molecule has 0 aromatic heterocycles. The van der Waals surface area contributed by atoms with E-state index in [0.717, 1.165) is 10.9 Å². The minimum atomic E-state index is -0.306. The zero-order valence-electron chi connectivity index (χ0n) is 15.0. The van der Waals surface area contributed by atoms with Gasteiger partial charge in [-0.1, -0.05) is 42.5 Å². The quantitative estimate of drug-likeness (QED) is 0.508. The molecular weight excluding hydrogens is 344 g/mol. The Hall–Kier alpha value is -3.34. The fraction of sp³-hybridized carbons (Fsp3) is 0.182. The van der Waals surface area contributed by atoms with Gasteiger partial charge in [-0.15, -0.1) is 0 Å². The van der Waals surface area contributed by atoms with Crippen LogP contribution in [-0.4, -0.2) is 30.1 Å². The van der Waals surface area contributed by atoms with Gasteiger partial charge in [0.1, 0.15) is 11.5 Å². The number of carbonyl (C=O) groups is 2. The number of ether oxygens (including phenoxy) is 2. The van der Waals surface area contributed by atoms with Crippen molar-refractivity contribution >= 4 is 22.5 Å². The second-order valence-electron chi connectivity index (χ2n) is 6.02. The molecule has 0 bridgehead atoms. The van der Waals surface area contributed by atoms with Crippen molar-refractivity contribution in [3.05, 3.63) is 71.8 Å². The van der Waals surface area contributed by atoms with Crippen LogP contribution in [0.25, 0.3) is 10.8 Å². The number of hydrogen-bond donors (Lipinski definition) is 1. The van der Waals surface area contributed by atoms with Crippen molar-refractivity contribution in [3.8, 4) is 11.5 Å². The highest BCUT2D eigenvalue weighted by molar-refractivity contribution is 6.11. The molecule has 3 rings (SSSR count). The maximum atomic E-state index is 12.6. The largest absolute Gasteiger partial charge is 0.507 e. The van der Waals surface area contributed by atoms with Crippen LogP contribution in [0, 0.1) is 0 Å². The van der Waals surface area contributed by atoms with E-state index >= 15 is 0 Å². The van der Waals surface area contributed by atoms with Crippen LogP contribution in [0.5, 0.6) is 11.5 Å². The van der Waals surface area contributed by atoms with E-state index in [1.807, 2.05) is 18.2 Å². The van der Waals surface area contributed by atoms with Crippen molar-refractivity contribution in [1.29, 1.82) is 0 Å². The zero-order chi connectivity index (χ0) is 19.2. The Kier molecular flexibility index (Phi) is 5.71. The van der Waals surface area contributed by atoms with E-state index in [0.29, 0.717) is 17.7 Å². The van der Waals surface area contributed by atoms with E-state index in [1.165, 1.54) is 6.07 Å². The lowest BCUT2D eigenvalue weighted by atomic mass is 10.0. The molecule has 0 heterocycles. The van der Waals surface area contributed by atoms with Crippen molar-refractivity contribution in [2.45, 2.75) is 13.3 Å². The lowest BCUT2D eigenvalue weighted by Crippen LogP contribution is -2.12. The van der Waals surface area contributed by atoms with Crippen LogP contribution < -0.4 is 4.74 Å². The van der Waals surface area contributed by atoms with Crippen LogP contribution in [0.1, 0.15) is 22.8 Å². The van der Waals surface area contributed by atoms with Crippen LogP contribution >= 0.6 is 0 Å². The summed E-state index contributed by atoms with van der Waals surface area (Å²) >= 11 is 0. The number of phenols is 1. The second kappa shape index (κ2) is 8.36. The standard InChI is InChI=1S/C22H20O5/c1-2-26-21(25)13-15-7-10-17(11-8-15)27-14-20(24)22-18-6-4-3-5-16(18)9-12-19(22)23/h3-12,23H,2,13-14H2,1H3. The molecule has 0 aliphatic rings. The first-order chi connectivity index (χ1) is 13.1. The van der Waals surface area contributed by atoms with E-state index < -0.39 is 0 Å². The number of aromatic hydroxyl groups is 1. The van der Waals surface area contributed by atoms with Crippen LogP contribution in [0.4, 0.5) is 0 Å². The first-order valence-electron chi connectivity index (χ1n) is 8.69. The van der Waals surface area contributed by atoms with E-state index in [-0.39, 0.29) is 36.1 Å². The van der Waals surface area contributed by atoms with Gasteiger partial charge in [0.15, 0.2) is 6.61 Å². The lowest BCUT2D eigenvalue weighted by Gasteiger charge is -2.10. The molecule has 0 saturated heterocycles. The number of carbonyl (C=O) groups excluding carboxylic acids is 2. The van der Waals surface area contributed by atoms with Gasteiger partial charge in [-0.3, -0.25) is 9.59 Å². The molecule has 0 amide bonds. The Morgan fingerprint density at radius 3 is 2.44 bits per heavy atom. The molecule has 0 unspecified atom stereocenters. The molecule has 0 fully saturated rings. The Labute approximate surface area is 157 Å². The average molecular weight is 364 g/mol. The third-order valence-electron chi connectivity index (χ3n) is 4.13. The molecule has 0 spiro atoms. The predicted molar refractivity (Wildman–Crippen MR) is 102 cm³/mol. The molecular formula is C22H20O5. The molecule has 0 aliphatic heterocycles. The van der Waals surface area contributed by atoms with Gasteiger partial charge in [-0.25, -0.2) is 0 Å². The zero-order valence-corrected chi connectivity index (χ0v) is 15.0. The summed E-state index contributed by atoms with van der Waals surface area (Å²) < 4.78 is 10.5. The number of benzene rings is 3. The minimum absolute atomic E-state index is 0.0629. The summed E-state index contributed by atoms with van der Waals surface area (Å²) in [6.07, 6.45) is 0.191. The number of phenolic OH excluding ortho intramolecular Hbond substituents is 1. The van der Waals surface area contributed by atoms with E-state index in [2.05, 4.69) is 0 Å². The van der Waals surface area contributed by atoms with Gasteiger partial charge >= 0.3 is 5.97 Å². The molecule has 3 aromatic rings. The predicted octanol–water partition coefficient (Wildman–Crippen LogP) is 3.91. The second-order valence-corrected chi connectivity index (χ2v) is 6.02. The number of Topliss-reactive ketones (excluding diaryl/α,β-unsaturated/α-hetero) is 1. The maximum absolute atomic E-state index is 12.6. The molecule has 138 valence electrons. The summed E-state index contributed by atoms with van der Waals surface area (Å²) in [6.45, 7) is 1.92. The van der Waals surface area contributed by atoms with Gasteiger partial charge in [0.05, 0.1) is 18.6 Å². The van der Waals surface area contributed by atoms with E-state index in [4.69, 9.17) is 9.47 Å². The Morgan fingerprint density at radius 1 is 0.963 bits per heavy atom. The Morgan fingerprint density at radius 2 is 1.70 bits per heavy atom. The molecule has 3 aromatic carbocycles. The SMILES string of the molecule is CCOC(=O)Cc1ccc(OCC(=O)c2c(O)ccc3ccccc23)cc1. The van der Waals surface area contributed by atoms with Crippen LogP contribution in [0.15, 0.2) is 60.7 Å². The summed E-state index contributed by atoms with van der Waals surface area (Å²) in [7, 11) is 0. The smallest absolute Gasteiger partial charge is 0.310 e. The first-order valence-corrected chi connectivity index (χ1v) is 8.69. The van der Waals surface area contributed by atoms with Crippen LogP contribution in [0.3, 0.4) is 0 Å². The van der Waals surface area contributed by atoms with E-state index in [1.54, 1.807) is 43.3 Å². The fourth-order valence-corrected chi connectivity index (χ4v) is 2.86. The molecule has 0 aliphatic carbocycles. The minimum Gasteiger partial charge on any atom is -0.507 e. The molecule has 5 heteroatoms. The van der Waals surface area contributed by atoms with Crippen molar-refractivity contribution in [3.63, 3.8) is 0 Å². The first kappa shape index (κ1) is 18.5. The topological polar surface area (TPSA) is 72.8 Å². The summed E-state index contributed by atoms with van der Waals surface area (Å²) in [4.78, 5) is 24.1. The summed E-state index contributed by atoms with van der Waals surface area (Å²) in [6, 6.07) is 17.6. The van der Waals surface area contributed by atoms with Crippen molar-refractivity contribution < 1.29 is 24.2 Å². The highest BCUT2D eigenvalue weighted by atomic mass is 16.5. The molecule has 0 atom stereocenters. The summed E-state index contributed by atoms with van der Waals surface area (Å²) in [5.41, 5.74) is 1.06.